The Labute approximate surface area is 179 Å². The number of nitrogens with zero attached hydrogens (tertiary/aromatic N) is 1. The predicted octanol–water partition coefficient (Wildman–Crippen LogP) is 4.93. The van der Waals surface area contributed by atoms with Crippen LogP contribution in [0.1, 0.15) is 32.7 Å². The molecule has 30 heavy (non-hydrogen) atoms. The highest BCUT2D eigenvalue weighted by atomic mass is 32.2. The second kappa shape index (κ2) is 8.71. The number of anilines is 1. The molecule has 4 rings (SSSR count). The van der Waals surface area contributed by atoms with E-state index in [1.807, 2.05) is 30.3 Å². The van der Waals surface area contributed by atoms with Gasteiger partial charge in [0.1, 0.15) is 5.82 Å². The summed E-state index contributed by atoms with van der Waals surface area (Å²) in [6.45, 7) is 0.516. The molecule has 0 aromatic heterocycles. The van der Waals surface area contributed by atoms with Crippen LogP contribution in [0.3, 0.4) is 0 Å². The Bertz CT molecular complexity index is 1100. The van der Waals surface area contributed by atoms with Crippen molar-refractivity contribution >= 4 is 29.3 Å². The minimum absolute atomic E-state index is 0.0892. The SMILES string of the molecule is CN1C(=O)c2ccccc2Sc2ccc(C(=O)NCCCc3ccc(F)cc3)cc21. The number of carbonyl (C=O) groups excluding carboxylic acids is 2. The summed E-state index contributed by atoms with van der Waals surface area (Å²) in [6, 6.07) is 19.4. The van der Waals surface area contributed by atoms with Gasteiger partial charge in [-0.25, -0.2) is 4.39 Å². The molecule has 0 saturated heterocycles. The lowest BCUT2D eigenvalue weighted by Crippen LogP contribution is -2.27. The lowest BCUT2D eigenvalue weighted by molar-refractivity contribution is 0.0950. The monoisotopic (exact) mass is 420 g/mol. The maximum atomic E-state index is 13.0. The van der Waals surface area contributed by atoms with Crippen LogP contribution in [-0.4, -0.2) is 25.4 Å². The number of amides is 2. The molecule has 0 radical (unpaired) electrons. The summed E-state index contributed by atoms with van der Waals surface area (Å²) in [5.74, 6) is -0.516. The van der Waals surface area contributed by atoms with Crippen LogP contribution in [0.2, 0.25) is 0 Å². The predicted molar refractivity (Wildman–Crippen MR) is 117 cm³/mol. The number of fused-ring (bicyclic) bond motifs is 2. The van der Waals surface area contributed by atoms with Crippen LogP contribution in [0.5, 0.6) is 0 Å². The van der Waals surface area contributed by atoms with Crippen molar-refractivity contribution < 1.29 is 14.0 Å². The first kappa shape index (κ1) is 20.2. The Morgan fingerprint density at radius 2 is 1.80 bits per heavy atom. The first-order valence-corrected chi connectivity index (χ1v) is 10.6. The molecule has 152 valence electrons. The maximum absolute atomic E-state index is 13.0. The van der Waals surface area contributed by atoms with Crippen molar-refractivity contribution in [3.8, 4) is 0 Å². The van der Waals surface area contributed by atoms with Crippen molar-refractivity contribution in [1.29, 1.82) is 0 Å². The summed E-state index contributed by atoms with van der Waals surface area (Å²) in [7, 11) is 1.73. The van der Waals surface area contributed by atoms with Gasteiger partial charge in [-0.2, -0.15) is 0 Å². The number of benzene rings is 3. The minimum Gasteiger partial charge on any atom is -0.352 e. The number of nitrogens with one attached hydrogen (secondary N) is 1. The summed E-state index contributed by atoms with van der Waals surface area (Å²) >= 11 is 1.53. The second-order valence-corrected chi connectivity index (χ2v) is 8.21. The number of rotatable bonds is 5. The molecule has 1 N–H and O–H groups in total. The molecule has 0 aliphatic carbocycles. The third-order valence-corrected chi connectivity index (χ3v) is 6.21. The van der Waals surface area contributed by atoms with Crippen LogP contribution in [-0.2, 0) is 6.42 Å². The minimum atomic E-state index is -0.250. The van der Waals surface area contributed by atoms with Gasteiger partial charge in [-0.3, -0.25) is 9.59 Å². The van der Waals surface area contributed by atoms with Gasteiger partial charge in [0, 0.05) is 28.9 Å². The van der Waals surface area contributed by atoms with Gasteiger partial charge >= 0.3 is 0 Å². The molecule has 3 aromatic carbocycles. The van der Waals surface area contributed by atoms with Gasteiger partial charge in [-0.1, -0.05) is 36.0 Å². The topological polar surface area (TPSA) is 49.4 Å². The van der Waals surface area contributed by atoms with Gasteiger partial charge in [0.2, 0.25) is 0 Å². The first-order chi connectivity index (χ1) is 14.5. The van der Waals surface area contributed by atoms with Crippen molar-refractivity contribution in [2.75, 3.05) is 18.5 Å². The molecule has 3 aromatic rings. The van der Waals surface area contributed by atoms with Crippen molar-refractivity contribution in [2.24, 2.45) is 0 Å². The van der Waals surface area contributed by atoms with Gasteiger partial charge in [-0.15, -0.1) is 0 Å². The fourth-order valence-electron chi connectivity index (χ4n) is 3.40. The average molecular weight is 421 g/mol. The number of hydrogen-bond donors (Lipinski definition) is 1. The Hall–Kier alpha value is -3.12. The highest BCUT2D eigenvalue weighted by molar-refractivity contribution is 7.99. The molecule has 0 saturated carbocycles. The van der Waals surface area contributed by atoms with Gasteiger partial charge in [0.15, 0.2) is 0 Å². The summed E-state index contributed by atoms with van der Waals surface area (Å²) in [5.41, 5.74) is 2.93. The molecule has 0 spiro atoms. The van der Waals surface area contributed by atoms with Crippen LogP contribution < -0.4 is 10.2 Å². The smallest absolute Gasteiger partial charge is 0.259 e. The van der Waals surface area contributed by atoms with Gasteiger partial charge in [0.25, 0.3) is 11.8 Å². The molecule has 1 heterocycles. The van der Waals surface area contributed by atoms with Crippen LogP contribution in [0.25, 0.3) is 0 Å². The molecular weight excluding hydrogens is 399 g/mol. The van der Waals surface area contributed by atoms with Crippen LogP contribution >= 0.6 is 11.8 Å². The molecule has 4 nitrogen and oxygen atoms in total. The van der Waals surface area contributed by atoms with E-state index in [0.717, 1.165) is 33.9 Å². The van der Waals surface area contributed by atoms with Crippen LogP contribution in [0.15, 0.2) is 76.5 Å². The van der Waals surface area contributed by atoms with E-state index in [-0.39, 0.29) is 17.6 Å². The zero-order chi connectivity index (χ0) is 21.1. The Balaban J connectivity index is 1.43. The Kier molecular flexibility index (Phi) is 5.86. The fourth-order valence-corrected chi connectivity index (χ4v) is 4.48. The van der Waals surface area contributed by atoms with E-state index < -0.39 is 0 Å². The number of hydrogen-bond acceptors (Lipinski definition) is 3. The molecular formula is C24H21FN2O2S. The van der Waals surface area contributed by atoms with E-state index >= 15 is 0 Å². The molecule has 0 bridgehead atoms. The molecule has 0 unspecified atom stereocenters. The highest BCUT2D eigenvalue weighted by Gasteiger charge is 2.25. The van der Waals surface area contributed by atoms with Crippen LogP contribution in [0.4, 0.5) is 10.1 Å². The Morgan fingerprint density at radius 1 is 1.03 bits per heavy atom. The first-order valence-electron chi connectivity index (χ1n) is 9.74. The summed E-state index contributed by atoms with van der Waals surface area (Å²) < 4.78 is 13.0. The summed E-state index contributed by atoms with van der Waals surface area (Å²) in [4.78, 5) is 28.9. The molecule has 6 heteroatoms. The highest BCUT2D eigenvalue weighted by Crippen LogP contribution is 2.41. The van der Waals surface area contributed by atoms with E-state index in [9.17, 15) is 14.0 Å². The summed E-state index contributed by atoms with van der Waals surface area (Å²) in [6.07, 6.45) is 1.52. The third-order valence-electron chi connectivity index (χ3n) is 5.07. The second-order valence-electron chi connectivity index (χ2n) is 7.13. The zero-order valence-electron chi connectivity index (χ0n) is 16.5. The van der Waals surface area contributed by atoms with E-state index in [1.54, 1.807) is 36.2 Å². The quantitative estimate of drug-likeness (QED) is 0.596. The largest absolute Gasteiger partial charge is 0.352 e. The maximum Gasteiger partial charge on any atom is 0.259 e. The standard InChI is InChI=1S/C24H21FN2O2S/c1-27-20-15-17(23(28)26-14-4-5-16-8-11-18(25)12-9-16)10-13-22(20)30-21-7-3-2-6-19(21)24(27)29/h2-3,6-13,15H,4-5,14H2,1H3,(H,26,28). The van der Waals surface area contributed by atoms with E-state index in [4.69, 9.17) is 0 Å². The van der Waals surface area contributed by atoms with Crippen molar-refractivity contribution in [3.05, 3.63) is 89.2 Å². The Morgan fingerprint density at radius 3 is 2.60 bits per heavy atom. The lowest BCUT2D eigenvalue weighted by atomic mass is 10.1. The fraction of sp³-hybridized carbons (Fsp3) is 0.167. The lowest BCUT2D eigenvalue weighted by Gasteiger charge is -2.18. The zero-order valence-corrected chi connectivity index (χ0v) is 17.3. The summed E-state index contributed by atoms with van der Waals surface area (Å²) in [5, 5.41) is 2.92. The average Bonchev–Trinajstić information content (AvgIpc) is 2.87. The number of halogens is 1. The van der Waals surface area contributed by atoms with Gasteiger partial charge < -0.3 is 10.2 Å². The van der Waals surface area contributed by atoms with Crippen LogP contribution in [0, 0.1) is 5.82 Å². The molecule has 0 fully saturated rings. The number of aryl methyl sites for hydroxylation is 1. The molecule has 1 aliphatic heterocycles. The molecule has 0 atom stereocenters. The van der Waals surface area contributed by atoms with E-state index in [1.165, 1.54) is 23.9 Å². The third kappa shape index (κ3) is 4.24. The van der Waals surface area contributed by atoms with Crippen molar-refractivity contribution in [1.82, 2.24) is 5.32 Å². The van der Waals surface area contributed by atoms with Crippen molar-refractivity contribution in [3.63, 3.8) is 0 Å². The number of carbonyl (C=O) groups is 2. The van der Waals surface area contributed by atoms with E-state index in [0.29, 0.717) is 17.7 Å². The molecule has 2 amide bonds. The normalized spacial score (nSPS) is 12.7. The van der Waals surface area contributed by atoms with Crippen molar-refractivity contribution in [2.45, 2.75) is 22.6 Å². The molecule has 1 aliphatic rings. The van der Waals surface area contributed by atoms with Gasteiger partial charge in [-0.05, 0) is 60.9 Å². The van der Waals surface area contributed by atoms with Gasteiger partial charge in [0.05, 0.1) is 11.3 Å². The van der Waals surface area contributed by atoms with E-state index in [2.05, 4.69) is 5.32 Å².